The van der Waals surface area contributed by atoms with E-state index in [0.717, 1.165) is 6.54 Å². The second-order valence-electron chi connectivity index (χ2n) is 4.45. The molecule has 19 heavy (non-hydrogen) atoms. The second-order valence-corrected chi connectivity index (χ2v) is 4.45. The number of aliphatic carboxylic acids is 1. The monoisotopic (exact) mass is 275 g/mol. The van der Waals surface area contributed by atoms with Crippen molar-refractivity contribution in [2.24, 2.45) is 0 Å². The molecule has 0 fully saturated rings. The number of hydrogen-bond acceptors (Lipinski definition) is 4. The van der Waals surface area contributed by atoms with Crippen molar-refractivity contribution in [1.29, 1.82) is 0 Å². The molecule has 2 amide bonds. The predicted molar refractivity (Wildman–Crippen MR) is 72.3 cm³/mol. The normalized spacial score (nSPS) is 10.5. The van der Waals surface area contributed by atoms with Crippen LogP contribution in [0.25, 0.3) is 0 Å². The third kappa shape index (κ3) is 14.6. The lowest BCUT2D eigenvalue weighted by Gasteiger charge is -2.10. The molecule has 0 saturated carbocycles. The number of urea groups is 1. The quantitative estimate of drug-likeness (QED) is 0.466. The van der Waals surface area contributed by atoms with Crippen LogP contribution in [-0.2, 0) is 9.53 Å². The molecule has 0 aromatic heterocycles. The van der Waals surface area contributed by atoms with Gasteiger partial charge in [-0.05, 0) is 26.9 Å². The molecule has 0 unspecified atom stereocenters. The van der Waals surface area contributed by atoms with Crippen molar-refractivity contribution in [1.82, 2.24) is 15.5 Å². The van der Waals surface area contributed by atoms with Gasteiger partial charge < -0.3 is 25.4 Å². The molecule has 0 heterocycles. The van der Waals surface area contributed by atoms with Gasteiger partial charge in [0.25, 0.3) is 0 Å². The predicted octanol–water partition coefficient (Wildman–Crippen LogP) is 0.119. The van der Waals surface area contributed by atoms with Crippen LogP contribution in [0.15, 0.2) is 0 Å². The average Bonchev–Trinajstić information content (AvgIpc) is 2.32. The Balaban J connectivity index is 3.23. The van der Waals surface area contributed by atoms with Gasteiger partial charge in [-0.1, -0.05) is 0 Å². The number of carbonyl (C=O) groups is 2. The molecule has 0 aliphatic heterocycles. The van der Waals surface area contributed by atoms with Crippen LogP contribution >= 0.6 is 0 Å². The first-order chi connectivity index (χ1) is 9.02. The molecule has 0 aromatic carbocycles. The topological polar surface area (TPSA) is 90.9 Å². The molecule has 0 spiro atoms. The van der Waals surface area contributed by atoms with E-state index in [4.69, 9.17) is 9.84 Å². The SMILES string of the molecule is CN(C)CCOCCNC(=O)NCCCCC(=O)O. The van der Waals surface area contributed by atoms with Gasteiger partial charge >= 0.3 is 12.0 Å². The zero-order valence-electron chi connectivity index (χ0n) is 11.8. The molecule has 0 aromatic rings. The Morgan fingerprint density at radius 3 is 2.42 bits per heavy atom. The first-order valence-corrected chi connectivity index (χ1v) is 6.48. The lowest BCUT2D eigenvalue weighted by molar-refractivity contribution is -0.137. The van der Waals surface area contributed by atoms with E-state index >= 15 is 0 Å². The Labute approximate surface area is 114 Å². The van der Waals surface area contributed by atoms with Crippen LogP contribution < -0.4 is 10.6 Å². The fourth-order valence-corrected chi connectivity index (χ4v) is 1.25. The highest BCUT2D eigenvalue weighted by Crippen LogP contribution is 1.92. The van der Waals surface area contributed by atoms with E-state index in [1.807, 2.05) is 19.0 Å². The highest BCUT2D eigenvalue weighted by atomic mass is 16.5. The molecule has 7 heteroatoms. The van der Waals surface area contributed by atoms with E-state index < -0.39 is 5.97 Å². The summed E-state index contributed by atoms with van der Waals surface area (Å²) in [6.07, 6.45) is 1.38. The summed E-state index contributed by atoms with van der Waals surface area (Å²) in [5.74, 6) is -0.806. The molecule has 0 rings (SSSR count). The summed E-state index contributed by atoms with van der Waals surface area (Å²) in [6, 6.07) is -0.244. The Kier molecular flexibility index (Phi) is 10.9. The molecule has 0 aliphatic carbocycles. The number of carboxylic acid groups (broad SMARTS) is 1. The van der Waals surface area contributed by atoms with E-state index in [2.05, 4.69) is 10.6 Å². The molecule has 112 valence electrons. The molecule has 0 radical (unpaired) electrons. The van der Waals surface area contributed by atoms with Crippen LogP contribution in [0, 0.1) is 0 Å². The number of carbonyl (C=O) groups excluding carboxylic acids is 1. The molecule has 0 saturated heterocycles. The van der Waals surface area contributed by atoms with E-state index in [0.29, 0.717) is 39.1 Å². The summed E-state index contributed by atoms with van der Waals surface area (Å²) in [5, 5.41) is 13.8. The second kappa shape index (κ2) is 11.7. The third-order valence-corrected chi connectivity index (χ3v) is 2.32. The number of likely N-dealkylation sites (N-methyl/N-ethyl adjacent to an activating group) is 1. The molecule has 0 bridgehead atoms. The number of carboxylic acids is 1. The van der Waals surface area contributed by atoms with Crippen molar-refractivity contribution in [2.45, 2.75) is 19.3 Å². The number of nitrogens with one attached hydrogen (secondary N) is 2. The van der Waals surface area contributed by atoms with Crippen molar-refractivity contribution in [3.63, 3.8) is 0 Å². The van der Waals surface area contributed by atoms with Crippen molar-refractivity contribution in [3.8, 4) is 0 Å². The Morgan fingerprint density at radius 1 is 1.11 bits per heavy atom. The van der Waals surface area contributed by atoms with Gasteiger partial charge in [0.15, 0.2) is 0 Å². The maximum absolute atomic E-state index is 11.3. The van der Waals surface area contributed by atoms with Gasteiger partial charge in [-0.2, -0.15) is 0 Å². The average molecular weight is 275 g/mol. The van der Waals surface area contributed by atoms with Crippen LogP contribution in [0.1, 0.15) is 19.3 Å². The Hall–Kier alpha value is -1.34. The van der Waals surface area contributed by atoms with Gasteiger partial charge in [0.2, 0.25) is 0 Å². The lowest BCUT2D eigenvalue weighted by atomic mass is 10.2. The van der Waals surface area contributed by atoms with Gasteiger partial charge in [0.05, 0.1) is 13.2 Å². The smallest absolute Gasteiger partial charge is 0.314 e. The zero-order chi connectivity index (χ0) is 14.5. The highest BCUT2D eigenvalue weighted by molar-refractivity contribution is 5.73. The van der Waals surface area contributed by atoms with E-state index in [-0.39, 0.29) is 12.5 Å². The minimum atomic E-state index is -0.806. The fourth-order valence-electron chi connectivity index (χ4n) is 1.25. The highest BCUT2D eigenvalue weighted by Gasteiger charge is 2.00. The van der Waals surface area contributed by atoms with Gasteiger partial charge in [-0.15, -0.1) is 0 Å². The standard InChI is InChI=1S/C12H25N3O4/c1-15(2)8-10-19-9-7-14-12(18)13-6-4-3-5-11(16)17/h3-10H2,1-2H3,(H,16,17)(H2,13,14,18). The molecular weight excluding hydrogens is 250 g/mol. The van der Waals surface area contributed by atoms with Crippen LogP contribution in [0.4, 0.5) is 4.79 Å². The van der Waals surface area contributed by atoms with Crippen LogP contribution in [0.3, 0.4) is 0 Å². The zero-order valence-corrected chi connectivity index (χ0v) is 11.8. The summed E-state index contributed by atoms with van der Waals surface area (Å²) in [6.45, 7) is 2.94. The first-order valence-electron chi connectivity index (χ1n) is 6.48. The molecule has 0 atom stereocenters. The van der Waals surface area contributed by atoms with Crippen molar-refractivity contribution in [3.05, 3.63) is 0 Å². The van der Waals surface area contributed by atoms with Crippen molar-refractivity contribution >= 4 is 12.0 Å². The molecule has 3 N–H and O–H groups in total. The van der Waals surface area contributed by atoms with Crippen LogP contribution in [0.2, 0.25) is 0 Å². The molecule has 0 aliphatic rings. The summed E-state index contributed by atoms with van der Waals surface area (Å²) in [7, 11) is 3.94. The van der Waals surface area contributed by atoms with E-state index in [9.17, 15) is 9.59 Å². The fraction of sp³-hybridized carbons (Fsp3) is 0.833. The minimum Gasteiger partial charge on any atom is -0.481 e. The van der Waals surface area contributed by atoms with Gasteiger partial charge in [-0.25, -0.2) is 4.79 Å². The van der Waals surface area contributed by atoms with Gasteiger partial charge in [0.1, 0.15) is 0 Å². The van der Waals surface area contributed by atoms with Crippen LogP contribution in [-0.4, -0.2) is 69.0 Å². The third-order valence-electron chi connectivity index (χ3n) is 2.32. The molecular formula is C12H25N3O4. The maximum atomic E-state index is 11.3. The molecule has 7 nitrogen and oxygen atoms in total. The first kappa shape index (κ1) is 17.7. The largest absolute Gasteiger partial charge is 0.481 e. The number of nitrogens with zero attached hydrogens (tertiary/aromatic N) is 1. The number of hydrogen-bond donors (Lipinski definition) is 3. The van der Waals surface area contributed by atoms with Crippen molar-refractivity contribution < 1.29 is 19.4 Å². The van der Waals surface area contributed by atoms with Gasteiger partial charge in [-0.3, -0.25) is 4.79 Å². The minimum absolute atomic E-state index is 0.142. The number of amides is 2. The summed E-state index contributed by atoms with van der Waals surface area (Å²) >= 11 is 0. The van der Waals surface area contributed by atoms with Crippen molar-refractivity contribution in [2.75, 3.05) is 46.9 Å². The number of rotatable bonds is 11. The summed E-state index contributed by atoms with van der Waals surface area (Å²) < 4.78 is 5.31. The number of unbranched alkanes of at least 4 members (excludes halogenated alkanes) is 1. The lowest BCUT2D eigenvalue weighted by Crippen LogP contribution is -2.38. The Morgan fingerprint density at radius 2 is 1.79 bits per heavy atom. The van der Waals surface area contributed by atoms with Crippen LogP contribution in [0.5, 0.6) is 0 Å². The Bertz CT molecular complexity index is 259. The summed E-state index contributed by atoms with van der Waals surface area (Å²) in [4.78, 5) is 23.6. The summed E-state index contributed by atoms with van der Waals surface area (Å²) in [5.41, 5.74) is 0. The maximum Gasteiger partial charge on any atom is 0.314 e. The van der Waals surface area contributed by atoms with Gasteiger partial charge in [0, 0.05) is 26.1 Å². The number of ether oxygens (including phenoxy) is 1. The van der Waals surface area contributed by atoms with E-state index in [1.54, 1.807) is 0 Å². The van der Waals surface area contributed by atoms with E-state index in [1.165, 1.54) is 0 Å².